The van der Waals surface area contributed by atoms with E-state index in [-0.39, 0.29) is 24.3 Å². The molecule has 0 aliphatic carbocycles. The Labute approximate surface area is 228 Å². The number of methoxy groups -OCH3 is 1. The Morgan fingerprint density at radius 3 is 2.31 bits per heavy atom. The van der Waals surface area contributed by atoms with Gasteiger partial charge in [-0.2, -0.15) is 0 Å². The molecule has 1 spiro atoms. The molecule has 2 aromatic carbocycles. The van der Waals surface area contributed by atoms with Crippen LogP contribution in [0.5, 0.6) is 5.75 Å². The highest BCUT2D eigenvalue weighted by Crippen LogP contribution is 2.63. The van der Waals surface area contributed by atoms with Gasteiger partial charge in [0.2, 0.25) is 17.7 Å². The molecule has 3 saturated heterocycles. The predicted octanol–water partition coefficient (Wildman–Crippen LogP) is 3.44. The standard InChI is InChI=1S/C30H37N3O6/c1-18(2)16-21(17-34)33-25(27(36)32-20-10-12-22(38-4)13-11-20)30-15-14-29(3,39-30)23(24(30)28(33)37)26(35)31-19-8-6-5-7-9-19/h5-13,18,21,23-25,34H,14-17H2,1-4H3,(H,31,35)(H,32,36)/t21-,23+,24+,25?,29-,30?/m1/s1. The molecule has 9 heteroatoms. The topological polar surface area (TPSA) is 117 Å². The van der Waals surface area contributed by atoms with E-state index in [1.807, 2.05) is 39.0 Å². The Morgan fingerprint density at radius 1 is 1.05 bits per heavy atom. The summed E-state index contributed by atoms with van der Waals surface area (Å²) in [5, 5.41) is 16.3. The average Bonchev–Trinajstić information content (AvgIpc) is 3.48. The summed E-state index contributed by atoms with van der Waals surface area (Å²) >= 11 is 0. The molecule has 2 unspecified atom stereocenters. The highest BCUT2D eigenvalue weighted by Gasteiger charge is 2.78. The molecule has 3 aliphatic heterocycles. The van der Waals surface area contributed by atoms with Crippen LogP contribution in [0.25, 0.3) is 0 Å². The number of hydrogen-bond acceptors (Lipinski definition) is 6. The number of aliphatic hydroxyl groups is 1. The number of carbonyl (C=O) groups excluding carboxylic acids is 3. The number of likely N-dealkylation sites (tertiary alicyclic amines) is 1. The molecular formula is C30H37N3O6. The molecule has 3 amide bonds. The summed E-state index contributed by atoms with van der Waals surface area (Å²) in [6.07, 6.45) is 1.51. The molecule has 5 rings (SSSR count). The highest BCUT2D eigenvalue weighted by molar-refractivity contribution is 6.05. The maximum atomic E-state index is 14.3. The number of nitrogens with one attached hydrogen (secondary N) is 2. The zero-order valence-electron chi connectivity index (χ0n) is 22.8. The van der Waals surface area contributed by atoms with Gasteiger partial charge < -0.3 is 30.1 Å². The molecule has 3 heterocycles. The molecule has 2 aromatic rings. The van der Waals surface area contributed by atoms with Crippen molar-refractivity contribution in [3.05, 3.63) is 54.6 Å². The number of benzene rings is 2. The fourth-order valence-electron chi connectivity index (χ4n) is 6.90. The Bertz CT molecular complexity index is 1240. The van der Waals surface area contributed by atoms with Gasteiger partial charge in [-0.15, -0.1) is 0 Å². The summed E-state index contributed by atoms with van der Waals surface area (Å²) in [6, 6.07) is 14.5. The molecule has 0 radical (unpaired) electrons. The third kappa shape index (κ3) is 4.57. The molecule has 0 saturated carbocycles. The third-order valence-electron chi connectivity index (χ3n) is 8.49. The number of ether oxygens (including phenoxy) is 2. The fraction of sp³-hybridized carbons (Fsp3) is 0.500. The molecule has 208 valence electrons. The molecule has 6 atom stereocenters. The third-order valence-corrected chi connectivity index (χ3v) is 8.49. The van der Waals surface area contributed by atoms with Crippen molar-refractivity contribution in [2.75, 3.05) is 24.4 Å². The lowest BCUT2D eigenvalue weighted by molar-refractivity contribution is -0.147. The van der Waals surface area contributed by atoms with Gasteiger partial charge in [0.15, 0.2) is 0 Å². The molecule has 3 fully saturated rings. The monoisotopic (exact) mass is 535 g/mol. The number of para-hydroxylation sites is 1. The van der Waals surface area contributed by atoms with E-state index in [1.54, 1.807) is 43.5 Å². The van der Waals surface area contributed by atoms with Gasteiger partial charge >= 0.3 is 0 Å². The van der Waals surface area contributed by atoms with Gasteiger partial charge in [-0.25, -0.2) is 0 Å². The van der Waals surface area contributed by atoms with Gasteiger partial charge in [0.25, 0.3) is 0 Å². The van der Waals surface area contributed by atoms with Gasteiger partial charge in [0.05, 0.1) is 37.2 Å². The number of rotatable bonds is 9. The molecule has 2 bridgehead atoms. The van der Waals surface area contributed by atoms with Crippen molar-refractivity contribution in [1.82, 2.24) is 4.90 Å². The van der Waals surface area contributed by atoms with Crippen LogP contribution in [0.1, 0.15) is 40.0 Å². The number of aliphatic hydroxyl groups excluding tert-OH is 1. The van der Waals surface area contributed by atoms with E-state index in [0.717, 1.165) is 0 Å². The SMILES string of the molecule is COc1ccc(NC(=O)C2N([C@@H](CO)CC(C)C)C(=O)[C@@H]3[C@@H](C(=O)Nc4ccccc4)[C@@]4(C)CCC23O4)cc1. The summed E-state index contributed by atoms with van der Waals surface area (Å²) in [7, 11) is 1.57. The zero-order chi connectivity index (χ0) is 27.9. The van der Waals surface area contributed by atoms with E-state index in [9.17, 15) is 19.5 Å². The average molecular weight is 536 g/mol. The van der Waals surface area contributed by atoms with E-state index in [2.05, 4.69) is 10.6 Å². The summed E-state index contributed by atoms with van der Waals surface area (Å²) in [5.74, 6) is -1.81. The highest BCUT2D eigenvalue weighted by atomic mass is 16.5. The van der Waals surface area contributed by atoms with Crippen LogP contribution in [0.4, 0.5) is 11.4 Å². The van der Waals surface area contributed by atoms with E-state index in [1.165, 1.54) is 4.90 Å². The van der Waals surface area contributed by atoms with Gasteiger partial charge in [-0.3, -0.25) is 14.4 Å². The fourth-order valence-corrected chi connectivity index (χ4v) is 6.90. The first kappa shape index (κ1) is 27.1. The van der Waals surface area contributed by atoms with Crippen LogP contribution >= 0.6 is 0 Å². The van der Waals surface area contributed by atoms with Crippen molar-refractivity contribution in [1.29, 1.82) is 0 Å². The van der Waals surface area contributed by atoms with Crippen molar-refractivity contribution in [3.8, 4) is 5.75 Å². The largest absolute Gasteiger partial charge is 0.497 e. The van der Waals surface area contributed by atoms with Crippen LogP contribution in [-0.2, 0) is 19.1 Å². The summed E-state index contributed by atoms with van der Waals surface area (Å²) in [5.41, 5.74) is -0.885. The molecular weight excluding hydrogens is 498 g/mol. The van der Waals surface area contributed by atoms with Gasteiger partial charge in [-0.05, 0) is 68.5 Å². The zero-order valence-corrected chi connectivity index (χ0v) is 22.8. The Hall–Kier alpha value is -3.43. The van der Waals surface area contributed by atoms with Crippen molar-refractivity contribution in [3.63, 3.8) is 0 Å². The first-order chi connectivity index (χ1) is 18.6. The lowest BCUT2D eigenvalue weighted by Gasteiger charge is -2.37. The van der Waals surface area contributed by atoms with Gasteiger partial charge in [0.1, 0.15) is 17.4 Å². The van der Waals surface area contributed by atoms with Crippen molar-refractivity contribution in [2.45, 2.75) is 63.3 Å². The second kappa shape index (κ2) is 10.3. The van der Waals surface area contributed by atoms with E-state index < -0.39 is 41.0 Å². The summed E-state index contributed by atoms with van der Waals surface area (Å²) in [6.45, 7) is 5.59. The van der Waals surface area contributed by atoms with E-state index in [4.69, 9.17) is 9.47 Å². The normalized spacial score (nSPS) is 29.8. The number of nitrogens with zero attached hydrogens (tertiary/aromatic N) is 1. The Kier molecular flexibility index (Phi) is 7.15. The van der Waals surface area contributed by atoms with Crippen LogP contribution in [0.15, 0.2) is 54.6 Å². The molecule has 3 aliphatic rings. The predicted molar refractivity (Wildman–Crippen MR) is 146 cm³/mol. The van der Waals surface area contributed by atoms with Gasteiger partial charge in [0, 0.05) is 11.4 Å². The maximum absolute atomic E-state index is 14.3. The number of hydrogen-bond donors (Lipinski definition) is 3. The van der Waals surface area contributed by atoms with Crippen molar-refractivity contribution in [2.24, 2.45) is 17.8 Å². The first-order valence-corrected chi connectivity index (χ1v) is 13.6. The minimum absolute atomic E-state index is 0.171. The van der Waals surface area contributed by atoms with Crippen molar-refractivity contribution >= 4 is 29.1 Å². The summed E-state index contributed by atoms with van der Waals surface area (Å²) in [4.78, 5) is 43.5. The maximum Gasteiger partial charge on any atom is 0.250 e. The minimum atomic E-state index is -1.18. The lowest BCUT2D eigenvalue weighted by Crippen LogP contribution is -2.56. The Balaban J connectivity index is 1.53. The second-order valence-electron chi connectivity index (χ2n) is 11.5. The summed E-state index contributed by atoms with van der Waals surface area (Å²) < 4.78 is 11.9. The van der Waals surface area contributed by atoms with Crippen LogP contribution < -0.4 is 15.4 Å². The first-order valence-electron chi connectivity index (χ1n) is 13.6. The smallest absolute Gasteiger partial charge is 0.250 e. The molecule has 9 nitrogen and oxygen atoms in total. The van der Waals surface area contributed by atoms with Crippen molar-refractivity contribution < 1.29 is 29.0 Å². The minimum Gasteiger partial charge on any atom is -0.497 e. The number of carbonyl (C=O) groups is 3. The Morgan fingerprint density at radius 2 is 1.69 bits per heavy atom. The second-order valence-corrected chi connectivity index (χ2v) is 11.5. The molecule has 0 aromatic heterocycles. The number of anilines is 2. The van der Waals surface area contributed by atoms with Crippen LogP contribution in [0, 0.1) is 17.8 Å². The molecule has 3 N–H and O–H groups in total. The van der Waals surface area contributed by atoms with E-state index >= 15 is 0 Å². The van der Waals surface area contributed by atoms with Crippen LogP contribution in [0.3, 0.4) is 0 Å². The molecule has 39 heavy (non-hydrogen) atoms. The van der Waals surface area contributed by atoms with E-state index in [0.29, 0.717) is 36.4 Å². The van der Waals surface area contributed by atoms with Gasteiger partial charge in [-0.1, -0.05) is 32.0 Å². The van der Waals surface area contributed by atoms with Crippen LogP contribution in [0.2, 0.25) is 0 Å². The van der Waals surface area contributed by atoms with Crippen LogP contribution in [-0.4, -0.2) is 64.7 Å². The number of fused-ring (bicyclic) bond motifs is 1. The number of amides is 3. The lowest BCUT2D eigenvalue weighted by atomic mass is 9.66. The quantitative estimate of drug-likeness (QED) is 0.453.